The second-order valence-electron chi connectivity index (χ2n) is 6.70. The molecule has 0 N–H and O–H groups in total. The normalized spacial score (nSPS) is 18.8. The molecule has 0 spiro atoms. The molecule has 0 saturated carbocycles. The van der Waals surface area contributed by atoms with Crippen LogP contribution >= 0.6 is 0 Å². The van der Waals surface area contributed by atoms with Crippen LogP contribution in [0.15, 0.2) is 42.6 Å². The molecule has 3 heterocycles. The fraction of sp³-hybridized carbons (Fsp3) is 0.450. The van der Waals surface area contributed by atoms with Crippen LogP contribution in [0.5, 0.6) is 11.5 Å². The van der Waals surface area contributed by atoms with Gasteiger partial charge in [0.25, 0.3) is 0 Å². The van der Waals surface area contributed by atoms with E-state index < -0.39 is 0 Å². The number of piperazine rings is 1. The van der Waals surface area contributed by atoms with E-state index in [-0.39, 0.29) is 0 Å². The number of benzene rings is 1. The van der Waals surface area contributed by atoms with Crippen LogP contribution in [0.1, 0.15) is 12.6 Å². The summed E-state index contributed by atoms with van der Waals surface area (Å²) in [5.41, 5.74) is 2.33. The number of rotatable bonds is 4. The molecule has 1 fully saturated rings. The van der Waals surface area contributed by atoms with Crippen LogP contribution < -0.4 is 14.4 Å². The number of hydrogen-bond acceptors (Lipinski definition) is 5. The van der Waals surface area contributed by atoms with Crippen molar-refractivity contribution in [3.05, 3.63) is 48.3 Å². The van der Waals surface area contributed by atoms with Gasteiger partial charge < -0.3 is 14.4 Å². The van der Waals surface area contributed by atoms with Crippen LogP contribution in [-0.4, -0.2) is 55.3 Å². The molecule has 0 amide bonds. The summed E-state index contributed by atoms with van der Waals surface area (Å²) in [6, 6.07) is 12.8. The number of anilines is 1. The van der Waals surface area contributed by atoms with Gasteiger partial charge in [0.15, 0.2) is 11.5 Å². The summed E-state index contributed by atoms with van der Waals surface area (Å²) in [4.78, 5) is 9.42. The second-order valence-corrected chi connectivity index (χ2v) is 6.70. The lowest BCUT2D eigenvalue weighted by Gasteiger charge is -2.40. The molecule has 1 saturated heterocycles. The molecule has 0 radical (unpaired) electrons. The maximum atomic E-state index is 5.87. The quantitative estimate of drug-likeness (QED) is 0.856. The molecule has 1 aromatic heterocycles. The van der Waals surface area contributed by atoms with Gasteiger partial charge in [-0.1, -0.05) is 12.1 Å². The lowest BCUT2D eigenvalue weighted by atomic mass is 10.1. The van der Waals surface area contributed by atoms with Crippen LogP contribution in [0.2, 0.25) is 0 Å². The van der Waals surface area contributed by atoms with Crippen molar-refractivity contribution in [1.29, 1.82) is 0 Å². The van der Waals surface area contributed by atoms with Gasteiger partial charge in [0.2, 0.25) is 0 Å². The predicted molar refractivity (Wildman–Crippen MR) is 98.6 cm³/mol. The second kappa shape index (κ2) is 7.31. The van der Waals surface area contributed by atoms with Crippen molar-refractivity contribution < 1.29 is 9.47 Å². The van der Waals surface area contributed by atoms with Crippen molar-refractivity contribution in [2.75, 3.05) is 44.3 Å². The molecular weight excluding hydrogens is 314 g/mol. The zero-order valence-corrected chi connectivity index (χ0v) is 14.7. The number of nitrogens with zero attached hydrogens (tertiary/aromatic N) is 3. The number of para-hydroxylation sites is 1. The van der Waals surface area contributed by atoms with Gasteiger partial charge >= 0.3 is 0 Å². The van der Waals surface area contributed by atoms with E-state index in [9.17, 15) is 0 Å². The summed E-state index contributed by atoms with van der Waals surface area (Å²) < 4.78 is 11.6. The summed E-state index contributed by atoms with van der Waals surface area (Å²) >= 11 is 0. The number of hydrogen-bond donors (Lipinski definition) is 0. The van der Waals surface area contributed by atoms with Crippen LogP contribution in [0, 0.1) is 0 Å². The average molecular weight is 339 g/mol. The monoisotopic (exact) mass is 339 g/mol. The summed E-state index contributed by atoms with van der Waals surface area (Å²) in [6.45, 7) is 7.68. The van der Waals surface area contributed by atoms with Gasteiger partial charge in [-0.2, -0.15) is 0 Å². The van der Waals surface area contributed by atoms with Gasteiger partial charge in [0.1, 0.15) is 13.2 Å². The lowest BCUT2D eigenvalue weighted by Crippen LogP contribution is -2.50. The molecule has 0 bridgehead atoms. The third kappa shape index (κ3) is 3.56. The Morgan fingerprint density at radius 2 is 1.84 bits per heavy atom. The molecule has 1 aromatic carbocycles. The first-order chi connectivity index (χ1) is 12.3. The van der Waals surface area contributed by atoms with Crippen molar-refractivity contribution in [2.45, 2.75) is 19.4 Å². The Morgan fingerprint density at radius 1 is 1.00 bits per heavy atom. The smallest absolute Gasteiger partial charge is 0.184 e. The van der Waals surface area contributed by atoms with E-state index in [4.69, 9.17) is 9.47 Å². The Kier molecular flexibility index (Phi) is 4.74. The highest BCUT2D eigenvalue weighted by molar-refractivity contribution is 5.65. The first-order valence-corrected chi connectivity index (χ1v) is 9.09. The van der Waals surface area contributed by atoms with Crippen molar-refractivity contribution in [3.8, 4) is 11.5 Å². The third-order valence-corrected chi connectivity index (χ3v) is 5.05. The largest absolute Gasteiger partial charge is 0.486 e. The number of ether oxygens (including phenoxy) is 2. The minimum Gasteiger partial charge on any atom is -0.486 e. The summed E-state index contributed by atoms with van der Waals surface area (Å²) in [5.74, 6) is 1.78. The van der Waals surface area contributed by atoms with Crippen molar-refractivity contribution >= 4 is 5.69 Å². The number of pyridine rings is 1. The molecule has 2 aliphatic rings. The van der Waals surface area contributed by atoms with Gasteiger partial charge in [-0.3, -0.25) is 9.88 Å². The first kappa shape index (κ1) is 16.2. The Balaban J connectivity index is 1.39. The van der Waals surface area contributed by atoms with E-state index >= 15 is 0 Å². The molecule has 1 unspecified atom stereocenters. The van der Waals surface area contributed by atoms with E-state index in [1.54, 1.807) is 0 Å². The molecule has 5 nitrogen and oxygen atoms in total. The summed E-state index contributed by atoms with van der Waals surface area (Å²) in [6.07, 6.45) is 2.87. The topological polar surface area (TPSA) is 37.8 Å². The summed E-state index contributed by atoms with van der Waals surface area (Å²) in [5, 5.41) is 0. The Labute approximate surface area is 149 Å². The molecule has 2 aromatic rings. The molecule has 25 heavy (non-hydrogen) atoms. The highest BCUT2D eigenvalue weighted by Crippen LogP contribution is 2.39. The highest BCUT2D eigenvalue weighted by Gasteiger charge is 2.25. The number of aromatic nitrogens is 1. The van der Waals surface area contributed by atoms with Crippen LogP contribution in [0.3, 0.4) is 0 Å². The third-order valence-electron chi connectivity index (χ3n) is 5.05. The van der Waals surface area contributed by atoms with Crippen LogP contribution in [0.4, 0.5) is 5.69 Å². The zero-order valence-electron chi connectivity index (χ0n) is 14.7. The van der Waals surface area contributed by atoms with Gasteiger partial charge in [-0.05, 0) is 31.2 Å². The Morgan fingerprint density at radius 3 is 2.64 bits per heavy atom. The molecule has 4 rings (SSSR count). The molecule has 5 heteroatoms. The Hall–Kier alpha value is -2.27. The van der Waals surface area contributed by atoms with Crippen LogP contribution in [-0.2, 0) is 6.42 Å². The average Bonchev–Trinajstić information content (AvgIpc) is 2.68. The fourth-order valence-corrected chi connectivity index (χ4v) is 3.66. The maximum Gasteiger partial charge on any atom is 0.184 e. The molecule has 1 atom stereocenters. The Bertz CT molecular complexity index is 699. The predicted octanol–water partition coefficient (Wildman–Crippen LogP) is 2.61. The minimum absolute atomic E-state index is 0.501. The van der Waals surface area contributed by atoms with Crippen LogP contribution in [0.25, 0.3) is 0 Å². The zero-order chi connectivity index (χ0) is 17.1. The molecular formula is C20H25N3O2. The SMILES string of the molecule is CC(Cc1ccccn1)N1CCN(c2cccc3c2OCCO3)CC1. The van der Waals surface area contributed by atoms with E-state index in [0.29, 0.717) is 19.3 Å². The van der Waals surface area contributed by atoms with Gasteiger partial charge in [0.05, 0.1) is 5.69 Å². The van der Waals surface area contributed by atoms with Crippen molar-refractivity contribution in [3.63, 3.8) is 0 Å². The molecule has 2 aliphatic heterocycles. The lowest BCUT2D eigenvalue weighted by molar-refractivity contribution is 0.170. The standard InChI is InChI=1S/C20H25N3O2/c1-16(15-17-5-2-3-8-21-17)22-9-11-23(12-10-22)18-6-4-7-19-20(18)25-14-13-24-19/h2-8,16H,9-15H2,1H3. The minimum atomic E-state index is 0.501. The van der Waals surface area contributed by atoms with Gasteiger partial charge in [-0.15, -0.1) is 0 Å². The first-order valence-electron chi connectivity index (χ1n) is 9.09. The summed E-state index contributed by atoms with van der Waals surface area (Å²) in [7, 11) is 0. The fourth-order valence-electron chi connectivity index (χ4n) is 3.66. The molecule has 132 valence electrons. The highest BCUT2D eigenvalue weighted by atomic mass is 16.6. The van der Waals surface area contributed by atoms with Gasteiger partial charge in [-0.25, -0.2) is 0 Å². The molecule has 0 aliphatic carbocycles. The van der Waals surface area contributed by atoms with E-state index in [2.05, 4.69) is 46.0 Å². The van der Waals surface area contributed by atoms with Crippen molar-refractivity contribution in [1.82, 2.24) is 9.88 Å². The van der Waals surface area contributed by atoms with Gasteiger partial charge in [0, 0.05) is 50.5 Å². The van der Waals surface area contributed by atoms with E-state index in [1.165, 1.54) is 5.69 Å². The van der Waals surface area contributed by atoms with E-state index in [0.717, 1.165) is 49.8 Å². The number of fused-ring (bicyclic) bond motifs is 1. The van der Waals surface area contributed by atoms with Crippen molar-refractivity contribution in [2.24, 2.45) is 0 Å². The maximum absolute atomic E-state index is 5.87. The van der Waals surface area contributed by atoms with E-state index in [1.807, 2.05) is 18.3 Å².